The highest BCUT2D eigenvalue weighted by molar-refractivity contribution is 6.30. The van der Waals surface area contributed by atoms with E-state index in [0.717, 1.165) is 0 Å². The second kappa shape index (κ2) is 5.63. The van der Waals surface area contributed by atoms with E-state index in [9.17, 15) is 9.90 Å². The second-order valence-corrected chi connectivity index (χ2v) is 5.10. The van der Waals surface area contributed by atoms with Crippen LogP contribution in [0.15, 0.2) is 53.8 Å². The Bertz CT molecular complexity index is 847. The Morgan fingerprint density at radius 1 is 1.33 bits per heavy atom. The van der Waals surface area contributed by atoms with Gasteiger partial charge in [-0.05, 0) is 23.8 Å². The monoisotopic (exact) mass is 301 g/mol. The number of aliphatic hydroxyl groups is 1. The molecule has 0 amide bonds. The Labute approximate surface area is 125 Å². The van der Waals surface area contributed by atoms with Crippen molar-refractivity contribution in [2.24, 2.45) is 0 Å². The predicted octanol–water partition coefficient (Wildman–Crippen LogP) is 2.18. The zero-order valence-electron chi connectivity index (χ0n) is 11.0. The van der Waals surface area contributed by atoms with E-state index in [1.54, 1.807) is 36.5 Å². The van der Waals surface area contributed by atoms with Gasteiger partial charge in [-0.15, -0.1) is 0 Å². The lowest BCUT2D eigenvalue weighted by atomic mass is 10.1. The first-order chi connectivity index (χ1) is 10.1. The van der Waals surface area contributed by atoms with Crippen LogP contribution in [0, 0.1) is 0 Å². The molecule has 21 heavy (non-hydrogen) atoms. The normalized spacial score (nSPS) is 12.5. The van der Waals surface area contributed by atoms with E-state index in [4.69, 9.17) is 11.6 Å². The largest absolute Gasteiger partial charge is 0.387 e. The van der Waals surface area contributed by atoms with Crippen LogP contribution in [0.5, 0.6) is 0 Å². The summed E-state index contributed by atoms with van der Waals surface area (Å²) in [5.74, 6) is 0. The van der Waals surface area contributed by atoms with Crippen molar-refractivity contribution in [2.45, 2.75) is 12.6 Å². The minimum atomic E-state index is -0.831. The van der Waals surface area contributed by atoms with Crippen molar-refractivity contribution in [3.05, 3.63) is 70.0 Å². The first kappa shape index (κ1) is 13.7. The molecule has 0 bridgehead atoms. The predicted molar refractivity (Wildman–Crippen MR) is 80.2 cm³/mol. The van der Waals surface area contributed by atoms with Crippen LogP contribution >= 0.6 is 11.6 Å². The molecule has 0 radical (unpaired) electrons. The molecule has 0 aliphatic heterocycles. The van der Waals surface area contributed by atoms with E-state index in [2.05, 4.69) is 9.97 Å². The summed E-state index contributed by atoms with van der Waals surface area (Å²) in [5, 5.41) is 11.3. The molecule has 3 rings (SSSR count). The summed E-state index contributed by atoms with van der Waals surface area (Å²) in [6.45, 7) is 0.116. The molecule has 0 aliphatic carbocycles. The standard InChI is InChI=1S/C15H12ClN3O2/c16-11-3-1-2-10(6-11)14(20)8-19-9-18-13-7-17-5-4-12(13)15(19)21/h1-7,9,14,20H,8H2/t14-/m1/s1. The maximum Gasteiger partial charge on any atom is 0.261 e. The van der Waals surface area contributed by atoms with Crippen molar-refractivity contribution in [1.29, 1.82) is 0 Å². The molecule has 0 saturated heterocycles. The molecule has 1 aromatic carbocycles. The molecule has 106 valence electrons. The first-order valence-electron chi connectivity index (χ1n) is 6.38. The summed E-state index contributed by atoms with van der Waals surface area (Å²) in [4.78, 5) is 20.4. The number of aromatic nitrogens is 3. The third kappa shape index (κ3) is 2.79. The van der Waals surface area contributed by atoms with Crippen molar-refractivity contribution in [2.75, 3.05) is 0 Å². The first-order valence-corrected chi connectivity index (χ1v) is 6.75. The third-order valence-corrected chi connectivity index (χ3v) is 3.47. The number of hydrogen-bond donors (Lipinski definition) is 1. The van der Waals surface area contributed by atoms with E-state index in [0.29, 0.717) is 21.5 Å². The Balaban J connectivity index is 1.95. The molecule has 0 aliphatic rings. The van der Waals surface area contributed by atoms with Crippen LogP contribution in [0.3, 0.4) is 0 Å². The maximum absolute atomic E-state index is 12.3. The lowest BCUT2D eigenvalue weighted by molar-refractivity contribution is 0.155. The Kier molecular flexibility index (Phi) is 3.68. The molecular formula is C15H12ClN3O2. The van der Waals surface area contributed by atoms with Crippen molar-refractivity contribution in [1.82, 2.24) is 14.5 Å². The fourth-order valence-electron chi connectivity index (χ4n) is 2.14. The molecule has 0 fully saturated rings. The van der Waals surface area contributed by atoms with Gasteiger partial charge in [0, 0.05) is 11.2 Å². The number of halogens is 1. The van der Waals surface area contributed by atoms with Crippen LogP contribution in [0.25, 0.3) is 10.9 Å². The van der Waals surface area contributed by atoms with E-state index >= 15 is 0 Å². The molecule has 5 nitrogen and oxygen atoms in total. The molecule has 2 aromatic heterocycles. The Hall–Kier alpha value is -2.24. The summed E-state index contributed by atoms with van der Waals surface area (Å²) in [7, 11) is 0. The van der Waals surface area contributed by atoms with Crippen LogP contribution in [-0.2, 0) is 6.54 Å². The number of nitrogens with zero attached hydrogens (tertiary/aromatic N) is 3. The summed E-state index contributed by atoms with van der Waals surface area (Å²) in [6.07, 6.45) is 3.67. The van der Waals surface area contributed by atoms with Gasteiger partial charge in [-0.2, -0.15) is 0 Å². The van der Waals surface area contributed by atoms with Gasteiger partial charge in [-0.3, -0.25) is 14.3 Å². The topological polar surface area (TPSA) is 68.0 Å². The number of pyridine rings is 1. The minimum Gasteiger partial charge on any atom is -0.387 e. The fourth-order valence-corrected chi connectivity index (χ4v) is 2.34. The van der Waals surface area contributed by atoms with Gasteiger partial charge in [0.05, 0.1) is 36.1 Å². The van der Waals surface area contributed by atoms with E-state index in [1.807, 2.05) is 0 Å². The number of hydrogen-bond acceptors (Lipinski definition) is 4. The number of rotatable bonds is 3. The highest BCUT2D eigenvalue weighted by Crippen LogP contribution is 2.18. The van der Waals surface area contributed by atoms with E-state index in [1.165, 1.54) is 17.1 Å². The fraction of sp³-hybridized carbons (Fsp3) is 0.133. The van der Waals surface area contributed by atoms with Crippen molar-refractivity contribution < 1.29 is 5.11 Å². The van der Waals surface area contributed by atoms with Gasteiger partial charge in [0.25, 0.3) is 5.56 Å². The second-order valence-electron chi connectivity index (χ2n) is 4.67. The van der Waals surface area contributed by atoms with Crippen LogP contribution in [0.1, 0.15) is 11.7 Å². The summed E-state index contributed by atoms with van der Waals surface area (Å²) >= 11 is 5.90. The van der Waals surface area contributed by atoms with Crippen LogP contribution in [-0.4, -0.2) is 19.6 Å². The van der Waals surface area contributed by atoms with Gasteiger partial charge in [0.2, 0.25) is 0 Å². The lowest BCUT2D eigenvalue weighted by Gasteiger charge is -2.13. The molecular weight excluding hydrogens is 290 g/mol. The third-order valence-electron chi connectivity index (χ3n) is 3.23. The van der Waals surface area contributed by atoms with E-state index < -0.39 is 6.10 Å². The average Bonchev–Trinajstić information content (AvgIpc) is 2.50. The van der Waals surface area contributed by atoms with Crippen molar-refractivity contribution >= 4 is 22.5 Å². The van der Waals surface area contributed by atoms with Crippen LogP contribution in [0.2, 0.25) is 5.02 Å². The number of fused-ring (bicyclic) bond motifs is 1. The molecule has 6 heteroatoms. The van der Waals surface area contributed by atoms with Gasteiger partial charge in [0.1, 0.15) is 0 Å². The molecule has 1 N–H and O–H groups in total. The van der Waals surface area contributed by atoms with Crippen molar-refractivity contribution in [3.8, 4) is 0 Å². The summed E-state index contributed by atoms with van der Waals surface area (Å²) in [6, 6.07) is 8.55. The number of benzene rings is 1. The zero-order valence-corrected chi connectivity index (χ0v) is 11.7. The lowest BCUT2D eigenvalue weighted by Crippen LogP contribution is -2.23. The number of aliphatic hydroxyl groups excluding tert-OH is 1. The SMILES string of the molecule is O=c1c2ccncc2ncn1C[C@@H](O)c1cccc(Cl)c1. The molecule has 2 heterocycles. The molecule has 3 aromatic rings. The summed E-state index contributed by atoms with van der Waals surface area (Å²) < 4.78 is 1.38. The molecule has 0 spiro atoms. The molecule has 1 atom stereocenters. The molecule has 0 unspecified atom stereocenters. The highest BCUT2D eigenvalue weighted by atomic mass is 35.5. The zero-order chi connectivity index (χ0) is 14.8. The molecule has 0 saturated carbocycles. The Morgan fingerprint density at radius 3 is 3.00 bits per heavy atom. The van der Waals surface area contributed by atoms with Gasteiger partial charge < -0.3 is 5.11 Å². The van der Waals surface area contributed by atoms with Gasteiger partial charge >= 0.3 is 0 Å². The van der Waals surface area contributed by atoms with Gasteiger partial charge in [0.15, 0.2) is 0 Å². The maximum atomic E-state index is 12.3. The smallest absolute Gasteiger partial charge is 0.261 e. The Morgan fingerprint density at radius 2 is 2.19 bits per heavy atom. The van der Waals surface area contributed by atoms with E-state index in [-0.39, 0.29) is 12.1 Å². The van der Waals surface area contributed by atoms with Gasteiger partial charge in [-0.1, -0.05) is 23.7 Å². The summed E-state index contributed by atoms with van der Waals surface area (Å²) in [5.41, 5.74) is 0.990. The van der Waals surface area contributed by atoms with Crippen LogP contribution < -0.4 is 5.56 Å². The van der Waals surface area contributed by atoms with Crippen LogP contribution in [0.4, 0.5) is 0 Å². The highest BCUT2D eigenvalue weighted by Gasteiger charge is 2.11. The minimum absolute atomic E-state index is 0.116. The quantitative estimate of drug-likeness (QED) is 0.805. The average molecular weight is 302 g/mol. The van der Waals surface area contributed by atoms with Gasteiger partial charge in [-0.25, -0.2) is 4.98 Å². The van der Waals surface area contributed by atoms with Crippen molar-refractivity contribution in [3.63, 3.8) is 0 Å².